The Bertz CT molecular complexity index is 1160. The number of anilines is 1. The normalized spacial score (nSPS) is 17.9. The van der Waals surface area contributed by atoms with Crippen molar-refractivity contribution in [2.24, 2.45) is 0 Å². The summed E-state index contributed by atoms with van der Waals surface area (Å²) in [4.78, 5) is 17.4. The Morgan fingerprint density at radius 1 is 1.10 bits per heavy atom. The van der Waals surface area contributed by atoms with Gasteiger partial charge < -0.3 is 0 Å². The smallest absolute Gasteiger partial charge is 0.257 e. The maximum Gasteiger partial charge on any atom is 0.257 e. The first-order valence-corrected chi connectivity index (χ1v) is 12.3. The number of aromatic nitrogens is 1. The van der Waals surface area contributed by atoms with Crippen LogP contribution in [0.1, 0.15) is 47.7 Å². The standard InChI is InChI=1S/C22H25N3O3S2/c1-14-7-8-15(2)20-19(14)23-22(29-20)24-21(26)17-9-11-18(12-10-17)30(27,28)25-13-5-4-6-16(25)3/h7-12,16H,4-6,13H2,1-3H3,(H,23,24,26)/t16-/m0/s1. The molecule has 1 N–H and O–H groups in total. The van der Waals surface area contributed by atoms with Crippen LogP contribution in [0.3, 0.4) is 0 Å². The van der Waals surface area contributed by atoms with E-state index in [2.05, 4.69) is 10.3 Å². The van der Waals surface area contributed by atoms with E-state index in [1.54, 1.807) is 16.4 Å². The zero-order valence-electron chi connectivity index (χ0n) is 17.3. The van der Waals surface area contributed by atoms with Crippen LogP contribution in [0.25, 0.3) is 10.2 Å². The Morgan fingerprint density at radius 2 is 1.80 bits per heavy atom. The third-order valence-electron chi connectivity index (χ3n) is 5.63. The molecule has 1 fully saturated rings. The van der Waals surface area contributed by atoms with Gasteiger partial charge in [-0.05, 0) is 69.0 Å². The zero-order valence-corrected chi connectivity index (χ0v) is 18.9. The molecule has 0 radical (unpaired) electrons. The first kappa shape index (κ1) is 21.0. The largest absolute Gasteiger partial charge is 0.298 e. The van der Waals surface area contributed by atoms with Crippen molar-refractivity contribution in [3.8, 4) is 0 Å². The second kappa shape index (κ2) is 8.09. The number of hydrogen-bond donors (Lipinski definition) is 1. The van der Waals surface area contributed by atoms with Crippen LogP contribution in [-0.4, -0.2) is 36.2 Å². The van der Waals surface area contributed by atoms with Crippen molar-refractivity contribution < 1.29 is 13.2 Å². The van der Waals surface area contributed by atoms with Gasteiger partial charge in [-0.1, -0.05) is 29.9 Å². The van der Waals surface area contributed by atoms with Crippen LogP contribution < -0.4 is 5.32 Å². The summed E-state index contributed by atoms with van der Waals surface area (Å²) in [5.41, 5.74) is 3.48. The van der Waals surface area contributed by atoms with E-state index in [9.17, 15) is 13.2 Å². The molecule has 0 bridgehead atoms. The lowest BCUT2D eigenvalue weighted by Gasteiger charge is -2.32. The molecule has 1 aliphatic rings. The number of carbonyl (C=O) groups is 1. The van der Waals surface area contributed by atoms with Crippen molar-refractivity contribution >= 4 is 42.6 Å². The molecule has 1 aromatic heterocycles. The molecule has 0 unspecified atom stereocenters. The first-order valence-electron chi connectivity index (χ1n) is 10.1. The van der Waals surface area contributed by atoms with Gasteiger partial charge in [-0.2, -0.15) is 4.31 Å². The molecule has 2 heterocycles. The summed E-state index contributed by atoms with van der Waals surface area (Å²) in [6.07, 6.45) is 2.81. The van der Waals surface area contributed by atoms with Crippen molar-refractivity contribution in [3.63, 3.8) is 0 Å². The van der Waals surface area contributed by atoms with Crippen molar-refractivity contribution in [1.82, 2.24) is 9.29 Å². The summed E-state index contributed by atoms with van der Waals surface area (Å²) in [6.45, 7) is 6.51. The highest BCUT2D eigenvalue weighted by molar-refractivity contribution is 7.89. The molecule has 2 aromatic carbocycles. The molecule has 1 atom stereocenters. The Morgan fingerprint density at radius 3 is 2.47 bits per heavy atom. The molecule has 0 aliphatic carbocycles. The Balaban J connectivity index is 1.53. The summed E-state index contributed by atoms with van der Waals surface area (Å²) in [6, 6.07) is 10.2. The highest BCUT2D eigenvalue weighted by Crippen LogP contribution is 2.31. The maximum absolute atomic E-state index is 13.0. The molecule has 158 valence electrons. The molecule has 1 aliphatic heterocycles. The maximum atomic E-state index is 13.0. The minimum Gasteiger partial charge on any atom is -0.298 e. The van der Waals surface area contributed by atoms with Crippen LogP contribution in [-0.2, 0) is 10.0 Å². The topological polar surface area (TPSA) is 79.4 Å². The summed E-state index contributed by atoms with van der Waals surface area (Å²) >= 11 is 1.44. The van der Waals surface area contributed by atoms with Crippen molar-refractivity contribution in [2.45, 2.75) is 51.0 Å². The van der Waals surface area contributed by atoms with Crippen molar-refractivity contribution in [1.29, 1.82) is 0 Å². The van der Waals surface area contributed by atoms with E-state index in [0.29, 0.717) is 17.2 Å². The lowest BCUT2D eigenvalue weighted by Crippen LogP contribution is -2.41. The number of benzene rings is 2. The van der Waals surface area contributed by atoms with Gasteiger partial charge >= 0.3 is 0 Å². The predicted molar refractivity (Wildman–Crippen MR) is 121 cm³/mol. The van der Waals surface area contributed by atoms with E-state index in [-0.39, 0.29) is 16.8 Å². The number of thiazole rings is 1. The van der Waals surface area contributed by atoms with Crippen LogP contribution in [0.5, 0.6) is 0 Å². The first-order chi connectivity index (χ1) is 14.3. The minimum absolute atomic E-state index is 0.00215. The van der Waals surface area contributed by atoms with Gasteiger partial charge in [0, 0.05) is 18.2 Å². The number of nitrogens with zero attached hydrogens (tertiary/aromatic N) is 2. The van der Waals surface area contributed by atoms with Crippen LogP contribution in [0.4, 0.5) is 5.13 Å². The number of hydrogen-bond acceptors (Lipinski definition) is 5. The van der Waals surface area contributed by atoms with Gasteiger partial charge in [0.2, 0.25) is 10.0 Å². The number of amides is 1. The average molecular weight is 444 g/mol. The number of sulfonamides is 1. The summed E-state index contributed by atoms with van der Waals surface area (Å²) in [5.74, 6) is -0.306. The third-order valence-corrected chi connectivity index (χ3v) is 8.76. The monoisotopic (exact) mass is 443 g/mol. The number of rotatable bonds is 4. The summed E-state index contributed by atoms with van der Waals surface area (Å²) in [7, 11) is -3.55. The molecule has 0 spiro atoms. The molecule has 30 heavy (non-hydrogen) atoms. The van der Waals surface area contributed by atoms with E-state index in [1.807, 2.05) is 32.9 Å². The van der Waals surface area contributed by atoms with Crippen molar-refractivity contribution in [2.75, 3.05) is 11.9 Å². The lowest BCUT2D eigenvalue weighted by atomic mass is 10.1. The Hall–Kier alpha value is -2.29. The number of fused-ring (bicyclic) bond motifs is 1. The summed E-state index contributed by atoms with van der Waals surface area (Å²) < 4.78 is 28.5. The molecule has 3 aromatic rings. The molecule has 0 saturated carbocycles. The fourth-order valence-corrected chi connectivity index (χ4v) is 6.53. The quantitative estimate of drug-likeness (QED) is 0.632. The molecule has 1 saturated heterocycles. The number of nitrogens with one attached hydrogen (secondary N) is 1. The molecular formula is C22H25N3O3S2. The lowest BCUT2D eigenvalue weighted by molar-refractivity contribution is 0.102. The molecular weight excluding hydrogens is 418 g/mol. The van der Waals surface area contributed by atoms with Crippen LogP contribution in [0.15, 0.2) is 41.3 Å². The Kier molecular flexibility index (Phi) is 5.65. The van der Waals surface area contributed by atoms with Gasteiger partial charge in [-0.3, -0.25) is 10.1 Å². The molecule has 4 rings (SSSR count). The Labute approximate surface area is 181 Å². The molecule has 6 nitrogen and oxygen atoms in total. The van der Waals surface area contributed by atoms with E-state index in [0.717, 1.165) is 40.6 Å². The number of aryl methyl sites for hydroxylation is 2. The van der Waals surface area contributed by atoms with E-state index in [4.69, 9.17) is 0 Å². The van der Waals surface area contributed by atoms with E-state index in [1.165, 1.54) is 23.5 Å². The number of piperidine rings is 1. The average Bonchev–Trinajstić information content (AvgIpc) is 3.16. The minimum atomic E-state index is -3.55. The number of carbonyl (C=O) groups excluding carboxylic acids is 1. The van der Waals surface area contributed by atoms with Gasteiger partial charge in [0.15, 0.2) is 5.13 Å². The molecule has 8 heteroatoms. The predicted octanol–water partition coefficient (Wildman–Crippen LogP) is 4.73. The van der Waals surface area contributed by atoms with Gasteiger partial charge in [-0.25, -0.2) is 13.4 Å². The second-order valence-electron chi connectivity index (χ2n) is 7.84. The fourth-order valence-electron chi connectivity index (χ4n) is 3.82. The van der Waals surface area contributed by atoms with Gasteiger partial charge in [0.05, 0.1) is 15.1 Å². The fraction of sp³-hybridized carbons (Fsp3) is 0.364. The van der Waals surface area contributed by atoms with Crippen LogP contribution in [0.2, 0.25) is 0 Å². The van der Waals surface area contributed by atoms with Crippen molar-refractivity contribution in [3.05, 3.63) is 53.1 Å². The van der Waals surface area contributed by atoms with Crippen LogP contribution in [0, 0.1) is 13.8 Å². The highest BCUT2D eigenvalue weighted by Gasteiger charge is 2.30. The van der Waals surface area contributed by atoms with Crippen LogP contribution >= 0.6 is 11.3 Å². The third kappa shape index (κ3) is 3.87. The van der Waals surface area contributed by atoms with Gasteiger partial charge in [-0.15, -0.1) is 0 Å². The second-order valence-corrected chi connectivity index (χ2v) is 10.7. The van der Waals surface area contributed by atoms with E-state index >= 15 is 0 Å². The van der Waals surface area contributed by atoms with Gasteiger partial charge in [0.25, 0.3) is 5.91 Å². The summed E-state index contributed by atoms with van der Waals surface area (Å²) in [5, 5.41) is 3.37. The van der Waals surface area contributed by atoms with Gasteiger partial charge in [0.1, 0.15) is 0 Å². The molecule has 1 amide bonds. The van der Waals surface area contributed by atoms with E-state index < -0.39 is 10.0 Å². The zero-order chi connectivity index (χ0) is 21.5. The SMILES string of the molecule is Cc1ccc(C)c2sc(NC(=O)c3ccc(S(=O)(=O)N4CCCC[C@@H]4C)cc3)nc12. The highest BCUT2D eigenvalue weighted by atomic mass is 32.2.